The van der Waals surface area contributed by atoms with E-state index in [0.717, 1.165) is 12.0 Å². The molecule has 94 valence electrons. The van der Waals surface area contributed by atoms with Gasteiger partial charge in [-0.3, -0.25) is 4.90 Å². The Labute approximate surface area is 100 Å². The van der Waals surface area contributed by atoms with E-state index in [0.29, 0.717) is 0 Å². The monoisotopic (exact) mass is 225 g/mol. The molecule has 2 fully saturated rings. The predicted molar refractivity (Wildman–Crippen MR) is 68.7 cm³/mol. The highest BCUT2D eigenvalue weighted by Crippen LogP contribution is 2.32. The maximum atomic E-state index is 3.66. The lowest BCUT2D eigenvalue weighted by atomic mass is 10.2. The van der Waals surface area contributed by atoms with Crippen molar-refractivity contribution in [3.05, 3.63) is 0 Å². The lowest BCUT2D eigenvalue weighted by molar-refractivity contribution is 0.137. The smallest absolute Gasteiger partial charge is 0.0110 e. The van der Waals surface area contributed by atoms with Gasteiger partial charge in [0.1, 0.15) is 0 Å². The van der Waals surface area contributed by atoms with Crippen LogP contribution in [0.5, 0.6) is 0 Å². The average Bonchev–Trinajstić information content (AvgIpc) is 3.14. The Kier molecular flexibility index (Phi) is 4.62. The van der Waals surface area contributed by atoms with Crippen molar-refractivity contribution in [2.24, 2.45) is 5.92 Å². The number of hydrogen-bond donors (Lipinski definition) is 1. The number of nitrogens with one attached hydrogen (secondary N) is 1. The van der Waals surface area contributed by atoms with Crippen LogP contribution in [0.3, 0.4) is 0 Å². The first-order valence-electron chi connectivity index (χ1n) is 6.97. The molecular formula is C13H27N3. The zero-order valence-electron chi connectivity index (χ0n) is 10.9. The lowest BCUT2D eigenvalue weighted by Crippen LogP contribution is -2.48. The highest BCUT2D eigenvalue weighted by Gasteiger charge is 2.27. The van der Waals surface area contributed by atoms with Crippen LogP contribution in [0, 0.1) is 5.92 Å². The van der Waals surface area contributed by atoms with Crippen molar-refractivity contribution in [3.8, 4) is 0 Å². The minimum Gasteiger partial charge on any atom is -0.313 e. The Hall–Kier alpha value is -0.120. The standard InChI is InChI=1S/C13H27N3/c1-3-15-8-10-16(11-9-15)7-6-14-12(2)13-4-5-13/h12-14H,3-11H2,1-2H3. The Bertz CT molecular complexity index is 195. The van der Waals surface area contributed by atoms with Gasteiger partial charge >= 0.3 is 0 Å². The van der Waals surface area contributed by atoms with Crippen molar-refractivity contribution in [3.63, 3.8) is 0 Å². The highest BCUT2D eigenvalue weighted by atomic mass is 15.3. The first-order valence-corrected chi connectivity index (χ1v) is 6.97. The molecule has 16 heavy (non-hydrogen) atoms. The summed E-state index contributed by atoms with van der Waals surface area (Å²) in [5, 5.41) is 3.66. The fourth-order valence-electron chi connectivity index (χ4n) is 2.54. The molecule has 1 N–H and O–H groups in total. The molecule has 0 amide bonds. The quantitative estimate of drug-likeness (QED) is 0.728. The van der Waals surface area contributed by atoms with Crippen molar-refractivity contribution in [1.82, 2.24) is 15.1 Å². The summed E-state index contributed by atoms with van der Waals surface area (Å²) < 4.78 is 0. The average molecular weight is 225 g/mol. The van der Waals surface area contributed by atoms with Gasteiger partial charge in [-0.05, 0) is 32.2 Å². The van der Waals surface area contributed by atoms with Crippen LogP contribution in [-0.4, -0.2) is 61.7 Å². The number of nitrogens with zero attached hydrogens (tertiary/aromatic N) is 2. The van der Waals surface area contributed by atoms with Gasteiger partial charge in [0.05, 0.1) is 0 Å². The molecule has 0 aromatic heterocycles. The Morgan fingerprint density at radius 2 is 1.75 bits per heavy atom. The fourth-order valence-corrected chi connectivity index (χ4v) is 2.54. The summed E-state index contributed by atoms with van der Waals surface area (Å²) in [6.45, 7) is 13.2. The van der Waals surface area contributed by atoms with E-state index in [1.165, 1.54) is 58.7 Å². The molecule has 0 radical (unpaired) electrons. The fraction of sp³-hybridized carbons (Fsp3) is 1.00. The van der Waals surface area contributed by atoms with E-state index in [1.807, 2.05) is 0 Å². The summed E-state index contributed by atoms with van der Waals surface area (Å²) >= 11 is 0. The molecule has 1 heterocycles. The van der Waals surface area contributed by atoms with E-state index in [1.54, 1.807) is 0 Å². The molecular weight excluding hydrogens is 198 g/mol. The number of likely N-dealkylation sites (N-methyl/N-ethyl adjacent to an activating group) is 1. The van der Waals surface area contributed by atoms with Crippen LogP contribution in [0.4, 0.5) is 0 Å². The molecule has 1 aliphatic heterocycles. The first-order chi connectivity index (χ1) is 7.79. The van der Waals surface area contributed by atoms with Crippen LogP contribution in [0.1, 0.15) is 26.7 Å². The van der Waals surface area contributed by atoms with Gasteiger partial charge in [0.2, 0.25) is 0 Å². The van der Waals surface area contributed by atoms with Crippen molar-refractivity contribution in [2.75, 3.05) is 45.8 Å². The molecule has 2 rings (SSSR count). The van der Waals surface area contributed by atoms with Gasteiger partial charge in [-0.2, -0.15) is 0 Å². The van der Waals surface area contributed by atoms with Crippen molar-refractivity contribution >= 4 is 0 Å². The summed E-state index contributed by atoms with van der Waals surface area (Å²) in [5.41, 5.74) is 0. The predicted octanol–water partition coefficient (Wildman–Crippen LogP) is 1.01. The molecule has 0 spiro atoms. The van der Waals surface area contributed by atoms with E-state index >= 15 is 0 Å². The molecule has 3 heteroatoms. The Morgan fingerprint density at radius 1 is 1.12 bits per heavy atom. The maximum absolute atomic E-state index is 3.66. The van der Waals surface area contributed by atoms with Crippen LogP contribution in [0.2, 0.25) is 0 Å². The third kappa shape index (κ3) is 3.72. The molecule has 0 aromatic carbocycles. The molecule has 3 nitrogen and oxygen atoms in total. The summed E-state index contributed by atoms with van der Waals surface area (Å²) in [7, 11) is 0. The van der Waals surface area contributed by atoms with Gasteiger partial charge in [0.15, 0.2) is 0 Å². The molecule has 2 aliphatic rings. The van der Waals surface area contributed by atoms with Crippen molar-refractivity contribution in [1.29, 1.82) is 0 Å². The van der Waals surface area contributed by atoms with Gasteiger partial charge in [-0.1, -0.05) is 6.92 Å². The Balaban J connectivity index is 1.53. The summed E-state index contributed by atoms with van der Waals surface area (Å²) in [4.78, 5) is 5.13. The van der Waals surface area contributed by atoms with E-state index in [-0.39, 0.29) is 0 Å². The molecule has 1 saturated heterocycles. The molecule has 1 unspecified atom stereocenters. The summed E-state index contributed by atoms with van der Waals surface area (Å²) in [6.07, 6.45) is 2.90. The van der Waals surface area contributed by atoms with E-state index in [2.05, 4.69) is 29.0 Å². The van der Waals surface area contributed by atoms with E-state index in [9.17, 15) is 0 Å². The SMILES string of the molecule is CCN1CCN(CCNC(C)C2CC2)CC1. The van der Waals surface area contributed by atoms with Crippen molar-refractivity contribution in [2.45, 2.75) is 32.7 Å². The van der Waals surface area contributed by atoms with E-state index < -0.39 is 0 Å². The minimum absolute atomic E-state index is 0.747. The molecule has 1 atom stereocenters. The minimum atomic E-state index is 0.747. The van der Waals surface area contributed by atoms with Gasteiger partial charge in [0.25, 0.3) is 0 Å². The normalized spacial score (nSPS) is 25.9. The van der Waals surface area contributed by atoms with Gasteiger partial charge < -0.3 is 10.2 Å². The first kappa shape index (κ1) is 12.3. The largest absolute Gasteiger partial charge is 0.313 e. The summed E-state index contributed by atoms with van der Waals surface area (Å²) in [5.74, 6) is 0.983. The van der Waals surface area contributed by atoms with Gasteiger partial charge in [0, 0.05) is 45.3 Å². The second-order valence-electron chi connectivity index (χ2n) is 5.36. The third-order valence-corrected chi connectivity index (χ3v) is 4.14. The number of piperazine rings is 1. The number of rotatable bonds is 6. The Morgan fingerprint density at radius 3 is 2.31 bits per heavy atom. The second-order valence-corrected chi connectivity index (χ2v) is 5.36. The molecule has 0 bridgehead atoms. The molecule has 0 aromatic rings. The maximum Gasteiger partial charge on any atom is 0.0110 e. The second kappa shape index (κ2) is 5.99. The van der Waals surface area contributed by atoms with Crippen LogP contribution < -0.4 is 5.32 Å². The van der Waals surface area contributed by atoms with E-state index in [4.69, 9.17) is 0 Å². The van der Waals surface area contributed by atoms with Gasteiger partial charge in [-0.25, -0.2) is 0 Å². The van der Waals surface area contributed by atoms with Crippen molar-refractivity contribution < 1.29 is 0 Å². The lowest BCUT2D eigenvalue weighted by Gasteiger charge is -2.34. The van der Waals surface area contributed by atoms with Crippen LogP contribution in [0.25, 0.3) is 0 Å². The topological polar surface area (TPSA) is 18.5 Å². The van der Waals surface area contributed by atoms with Crippen LogP contribution in [-0.2, 0) is 0 Å². The highest BCUT2D eigenvalue weighted by molar-refractivity contribution is 4.83. The van der Waals surface area contributed by atoms with Crippen LogP contribution >= 0.6 is 0 Å². The van der Waals surface area contributed by atoms with Crippen LogP contribution in [0.15, 0.2) is 0 Å². The third-order valence-electron chi connectivity index (χ3n) is 4.14. The van der Waals surface area contributed by atoms with Gasteiger partial charge in [-0.15, -0.1) is 0 Å². The number of hydrogen-bond acceptors (Lipinski definition) is 3. The zero-order chi connectivity index (χ0) is 11.4. The summed E-state index contributed by atoms with van der Waals surface area (Å²) in [6, 6.07) is 0.747. The zero-order valence-corrected chi connectivity index (χ0v) is 10.9. The molecule has 1 saturated carbocycles. The molecule has 1 aliphatic carbocycles.